The molecule has 0 N–H and O–H groups in total. The molecule has 0 aliphatic heterocycles. The van der Waals surface area contributed by atoms with Crippen molar-refractivity contribution in [2.24, 2.45) is 0 Å². The van der Waals surface area contributed by atoms with E-state index in [2.05, 4.69) is 6.58 Å². The lowest BCUT2D eigenvalue weighted by atomic mass is 10.8. The van der Waals surface area contributed by atoms with Crippen molar-refractivity contribution in [3.05, 3.63) is 34.4 Å². The molecule has 0 saturated carbocycles. The molecule has 0 aromatic carbocycles. The molecule has 9 heavy (non-hydrogen) atoms. The lowest BCUT2D eigenvalue weighted by Crippen LogP contribution is -1.80. The Morgan fingerprint density at radius 1 is 1.78 bits per heavy atom. The maximum Gasteiger partial charge on any atom is 0.240 e. The summed E-state index contributed by atoms with van der Waals surface area (Å²) in [7, 11) is 0. The van der Waals surface area contributed by atoms with Crippen LogP contribution in [0.1, 0.15) is 0 Å². The van der Waals surface area contributed by atoms with Gasteiger partial charge in [0.15, 0.2) is 0 Å². The summed E-state index contributed by atoms with van der Waals surface area (Å²) in [5.41, 5.74) is 0. The van der Waals surface area contributed by atoms with Crippen LogP contribution in [0.2, 0.25) is 0 Å². The molecule has 0 aromatic heterocycles. The van der Waals surface area contributed by atoms with E-state index in [1.165, 1.54) is 17.2 Å². The third-order valence-corrected chi connectivity index (χ3v) is 1.24. The van der Waals surface area contributed by atoms with Gasteiger partial charge in [-0.1, -0.05) is 6.08 Å². The molecular formula is C5H7NO2S. The van der Waals surface area contributed by atoms with Gasteiger partial charge in [0.25, 0.3) is 0 Å². The van der Waals surface area contributed by atoms with E-state index in [-0.39, 0.29) is 0 Å². The molecule has 0 saturated heterocycles. The van der Waals surface area contributed by atoms with Crippen molar-refractivity contribution in [3.8, 4) is 0 Å². The highest BCUT2D eigenvalue weighted by Gasteiger charge is 1.81. The Kier molecular flexibility index (Phi) is 4.91. The molecule has 0 spiro atoms. The fraction of sp³-hybridized carbons (Fsp3) is 0.200. The summed E-state index contributed by atoms with van der Waals surface area (Å²) in [4.78, 5) is 9.15. The van der Waals surface area contributed by atoms with Gasteiger partial charge in [-0.2, -0.15) is 0 Å². The van der Waals surface area contributed by atoms with Crippen molar-refractivity contribution in [1.82, 2.24) is 0 Å². The summed E-state index contributed by atoms with van der Waals surface area (Å²) in [6.07, 6.45) is 2.60. The van der Waals surface area contributed by atoms with Crippen LogP contribution in [-0.4, -0.2) is 10.7 Å². The minimum atomic E-state index is -0.490. The molecule has 0 rings (SSSR count). The Morgan fingerprint density at radius 2 is 2.44 bits per heavy atom. The van der Waals surface area contributed by atoms with E-state index in [9.17, 15) is 10.1 Å². The molecule has 0 fully saturated rings. The zero-order chi connectivity index (χ0) is 7.11. The third kappa shape index (κ3) is 7.23. The van der Waals surface area contributed by atoms with Gasteiger partial charge in [0.05, 0.1) is 4.92 Å². The largest absolute Gasteiger partial charge is 0.259 e. The number of rotatable bonds is 4. The van der Waals surface area contributed by atoms with Gasteiger partial charge >= 0.3 is 0 Å². The van der Waals surface area contributed by atoms with Crippen molar-refractivity contribution >= 4 is 11.8 Å². The summed E-state index contributed by atoms with van der Waals surface area (Å²) in [6.45, 7) is 3.45. The maximum absolute atomic E-state index is 9.64. The number of nitro groups is 1. The second-order valence-electron chi connectivity index (χ2n) is 1.19. The molecule has 0 aliphatic carbocycles. The first-order valence-electron chi connectivity index (χ1n) is 2.30. The van der Waals surface area contributed by atoms with Crippen LogP contribution in [0.15, 0.2) is 24.3 Å². The quantitative estimate of drug-likeness (QED) is 0.261. The average Bonchev–Trinajstić information content (AvgIpc) is 1.80. The second-order valence-corrected chi connectivity index (χ2v) is 2.13. The minimum Gasteiger partial charge on any atom is -0.259 e. The molecule has 0 unspecified atom stereocenters. The fourth-order valence-electron chi connectivity index (χ4n) is 0.216. The Morgan fingerprint density at radius 3 is 2.89 bits per heavy atom. The van der Waals surface area contributed by atoms with E-state index in [4.69, 9.17) is 0 Å². The van der Waals surface area contributed by atoms with Crippen LogP contribution in [0.25, 0.3) is 0 Å². The van der Waals surface area contributed by atoms with Gasteiger partial charge in [-0.3, -0.25) is 10.1 Å². The van der Waals surface area contributed by atoms with Gasteiger partial charge in [-0.25, -0.2) is 0 Å². The molecular weight excluding hydrogens is 138 g/mol. The van der Waals surface area contributed by atoms with Gasteiger partial charge < -0.3 is 0 Å². The minimum absolute atomic E-state index is 0.490. The lowest BCUT2D eigenvalue weighted by Gasteiger charge is -1.80. The second kappa shape index (κ2) is 5.37. The Labute approximate surface area is 57.6 Å². The number of hydrogen-bond acceptors (Lipinski definition) is 3. The summed E-state index contributed by atoms with van der Waals surface area (Å²) >= 11 is 1.34. The van der Waals surface area contributed by atoms with Crippen LogP contribution in [0.5, 0.6) is 0 Å². The zero-order valence-corrected chi connectivity index (χ0v) is 5.63. The smallest absolute Gasteiger partial charge is 0.240 e. The fourth-order valence-corrected chi connectivity index (χ4v) is 0.649. The topological polar surface area (TPSA) is 43.1 Å². The monoisotopic (exact) mass is 145 g/mol. The molecule has 0 amide bonds. The van der Waals surface area contributed by atoms with E-state index < -0.39 is 4.92 Å². The lowest BCUT2D eigenvalue weighted by molar-refractivity contribution is -0.402. The first-order chi connectivity index (χ1) is 4.27. The van der Waals surface area contributed by atoms with Crippen molar-refractivity contribution in [1.29, 1.82) is 0 Å². The van der Waals surface area contributed by atoms with Crippen molar-refractivity contribution < 1.29 is 4.92 Å². The molecule has 0 radical (unpaired) electrons. The average molecular weight is 145 g/mol. The third-order valence-electron chi connectivity index (χ3n) is 0.493. The van der Waals surface area contributed by atoms with E-state index in [0.29, 0.717) is 5.75 Å². The first kappa shape index (κ1) is 8.23. The molecule has 0 atom stereocenters. The SMILES string of the molecule is C=CCSC=C[N+](=O)[O-]. The van der Waals surface area contributed by atoms with Crippen LogP contribution >= 0.6 is 11.8 Å². The van der Waals surface area contributed by atoms with Crippen LogP contribution in [0.3, 0.4) is 0 Å². The number of thioether (sulfide) groups is 1. The standard InChI is InChI=1S/C5H7NO2S/c1-2-4-9-5-3-6(7)8/h2-3,5H,1,4H2. The summed E-state index contributed by atoms with van der Waals surface area (Å²) in [5, 5.41) is 11.1. The molecule has 0 bridgehead atoms. The van der Waals surface area contributed by atoms with E-state index in [0.717, 1.165) is 6.20 Å². The van der Waals surface area contributed by atoms with Crippen molar-refractivity contribution in [2.75, 3.05) is 5.75 Å². The normalized spacial score (nSPS) is 9.78. The maximum atomic E-state index is 9.64. The summed E-state index contributed by atoms with van der Waals surface area (Å²) in [5.74, 6) is 0.713. The van der Waals surface area contributed by atoms with Gasteiger partial charge in [0, 0.05) is 11.2 Å². The van der Waals surface area contributed by atoms with E-state index >= 15 is 0 Å². The van der Waals surface area contributed by atoms with E-state index in [1.54, 1.807) is 6.08 Å². The van der Waals surface area contributed by atoms with Gasteiger partial charge in [-0.15, -0.1) is 18.3 Å². The van der Waals surface area contributed by atoms with Crippen LogP contribution < -0.4 is 0 Å². The molecule has 0 aliphatic rings. The first-order valence-corrected chi connectivity index (χ1v) is 3.35. The van der Waals surface area contributed by atoms with Crippen LogP contribution in [0, 0.1) is 10.1 Å². The number of hydrogen-bond donors (Lipinski definition) is 0. The predicted molar refractivity (Wildman–Crippen MR) is 38.8 cm³/mol. The van der Waals surface area contributed by atoms with Crippen LogP contribution in [0.4, 0.5) is 0 Å². The highest BCUT2D eigenvalue weighted by molar-refractivity contribution is 8.02. The predicted octanol–water partition coefficient (Wildman–Crippen LogP) is 1.65. The Bertz CT molecular complexity index is 133. The molecule has 3 nitrogen and oxygen atoms in total. The van der Waals surface area contributed by atoms with Crippen LogP contribution in [-0.2, 0) is 0 Å². The van der Waals surface area contributed by atoms with Crippen molar-refractivity contribution in [2.45, 2.75) is 0 Å². The number of nitrogens with zero attached hydrogens (tertiary/aromatic N) is 1. The molecule has 0 heterocycles. The van der Waals surface area contributed by atoms with Crippen molar-refractivity contribution in [3.63, 3.8) is 0 Å². The molecule has 0 aromatic rings. The van der Waals surface area contributed by atoms with Gasteiger partial charge in [0.2, 0.25) is 6.20 Å². The van der Waals surface area contributed by atoms with E-state index in [1.807, 2.05) is 0 Å². The Balaban J connectivity index is 3.24. The molecule has 4 heteroatoms. The van der Waals surface area contributed by atoms with Gasteiger partial charge in [0.1, 0.15) is 0 Å². The highest BCUT2D eigenvalue weighted by atomic mass is 32.2. The highest BCUT2D eigenvalue weighted by Crippen LogP contribution is 2.00. The summed E-state index contributed by atoms with van der Waals surface area (Å²) < 4.78 is 0. The van der Waals surface area contributed by atoms with Gasteiger partial charge in [-0.05, 0) is 0 Å². The Hall–Kier alpha value is -0.770. The zero-order valence-electron chi connectivity index (χ0n) is 4.82. The molecule has 50 valence electrons. The summed E-state index contributed by atoms with van der Waals surface area (Å²) in [6, 6.07) is 0.